The van der Waals surface area contributed by atoms with E-state index in [1.807, 2.05) is 0 Å². The molecule has 0 saturated carbocycles. The van der Waals surface area contributed by atoms with E-state index in [9.17, 15) is 0 Å². The molecular weight excluding hydrogens is 640 g/mol. The van der Waals surface area contributed by atoms with Crippen molar-refractivity contribution in [3.05, 3.63) is 72.8 Å². The van der Waals surface area contributed by atoms with Gasteiger partial charge in [0, 0.05) is 0 Å². The fraction of sp³-hybridized carbons (Fsp3) is 0.500. The molecule has 0 atom stereocenters. The summed E-state index contributed by atoms with van der Waals surface area (Å²) in [7, 11) is -0.733. The van der Waals surface area contributed by atoms with Gasteiger partial charge in [0.25, 0.3) is 0 Å². The number of rotatable bonds is 12. The Morgan fingerprint density at radius 2 is 0.550 bits per heavy atom. The molecule has 3 aromatic carbocycles. The molecule has 0 aliphatic heterocycles. The molecule has 0 heterocycles. The minimum atomic E-state index is -2.84. The summed E-state index contributed by atoms with van der Waals surface area (Å²) in [5.74, 6) is 0. The molecule has 4 heteroatoms. The summed E-state index contributed by atoms with van der Waals surface area (Å²) < 4.78 is 5.26. The van der Waals surface area contributed by atoms with Gasteiger partial charge in [-0.1, -0.05) is 0 Å². The number of benzene rings is 3. The standard InChI is InChI=1S/3C12H18P.In/c3*1-10(2)13(11(3)4)12-8-6-5-7-9-12;/h3*5-8,10-11H,1-4H3;. The van der Waals surface area contributed by atoms with E-state index >= 15 is 0 Å². The predicted molar refractivity (Wildman–Crippen MR) is 194 cm³/mol. The van der Waals surface area contributed by atoms with Crippen LogP contribution in [0.3, 0.4) is 0 Å². The predicted octanol–water partition coefficient (Wildman–Crippen LogP) is 7.97. The van der Waals surface area contributed by atoms with Crippen molar-refractivity contribution in [2.45, 2.75) is 117 Å². The Bertz CT molecular complexity index is 1040. The van der Waals surface area contributed by atoms with Crippen molar-refractivity contribution in [2.24, 2.45) is 0 Å². The molecule has 0 bridgehead atoms. The summed E-state index contributed by atoms with van der Waals surface area (Å²) in [4.78, 5) is 0. The Hall–Kier alpha value is -0.180. The number of hydrogen-bond donors (Lipinski definition) is 0. The first kappa shape index (κ1) is 34.3. The van der Waals surface area contributed by atoms with E-state index in [-0.39, 0.29) is 23.8 Å². The van der Waals surface area contributed by atoms with Gasteiger partial charge in [0.15, 0.2) is 0 Å². The first-order valence-electron chi connectivity index (χ1n) is 15.5. The minimum absolute atomic E-state index is 0.244. The van der Waals surface area contributed by atoms with E-state index in [0.717, 1.165) is 0 Å². The van der Waals surface area contributed by atoms with E-state index in [1.165, 1.54) is 0 Å². The zero-order valence-corrected chi connectivity index (χ0v) is 33.3. The molecule has 0 spiro atoms. The van der Waals surface area contributed by atoms with E-state index in [1.54, 1.807) is 25.9 Å². The zero-order chi connectivity index (χ0) is 29.7. The summed E-state index contributed by atoms with van der Waals surface area (Å²) >= 11 is -2.84. The fourth-order valence-electron chi connectivity index (χ4n) is 6.86. The second kappa shape index (κ2) is 15.5. The van der Waals surface area contributed by atoms with Gasteiger partial charge in [0.05, 0.1) is 0 Å². The molecule has 0 N–H and O–H groups in total. The third-order valence-electron chi connectivity index (χ3n) is 7.92. The third kappa shape index (κ3) is 7.85. The van der Waals surface area contributed by atoms with Gasteiger partial charge in [-0.05, 0) is 0 Å². The van der Waals surface area contributed by atoms with Crippen molar-refractivity contribution in [3.8, 4) is 0 Å². The Balaban J connectivity index is 2.48. The van der Waals surface area contributed by atoms with E-state index in [0.29, 0.717) is 34.0 Å². The molecule has 3 rings (SSSR count). The molecule has 0 saturated heterocycles. The van der Waals surface area contributed by atoms with Crippen LogP contribution in [-0.4, -0.2) is 55.4 Å². The molecule has 216 valence electrons. The number of hydrogen-bond acceptors (Lipinski definition) is 0. The van der Waals surface area contributed by atoms with Crippen LogP contribution < -0.4 is 25.9 Å². The van der Waals surface area contributed by atoms with Crippen molar-refractivity contribution >= 4 is 71.1 Å². The topological polar surface area (TPSA) is 0 Å². The first-order chi connectivity index (χ1) is 18.9. The van der Waals surface area contributed by atoms with Crippen molar-refractivity contribution in [1.82, 2.24) is 0 Å². The summed E-state index contributed by atoms with van der Waals surface area (Å²) in [6, 6.07) is 29.3. The molecule has 0 radical (unpaired) electrons. The summed E-state index contributed by atoms with van der Waals surface area (Å²) in [5.41, 5.74) is 4.09. The Kier molecular flexibility index (Phi) is 13.3. The van der Waals surface area contributed by atoms with E-state index in [4.69, 9.17) is 0 Å². The third-order valence-corrected chi connectivity index (χ3v) is 29.2. The molecule has 3 aromatic rings. The SMILES string of the molecule is CC(C)P(c1cccc[c]1[In]([c]1ccccc1P(C(C)C)C(C)C)[c]1ccccc1P(C(C)C)C(C)C)C(C)C. The summed E-state index contributed by atoms with van der Waals surface area (Å²) in [6.45, 7) is 29.5. The first-order valence-corrected chi connectivity index (χ1v) is 24.9. The molecule has 0 nitrogen and oxygen atoms in total. The van der Waals surface area contributed by atoms with Crippen molar-refractivity contribution in [1.29, 1.82) is 0 Å². The Morgan fingerprint density at radius 1 is 0.350 bits per heavy atom. The van der Waals surface area contributed by atoms with Crippen LogP contribution in [0.2, 0.25) is 0 Å². The van der Waals surface area contributed by atoms with E-state index < -0.39 is 21.4 Å². The van der Waals surface area contributed by atoms with Gasteiger partial charge >= 0.3 is 261 Å². The second-order valence-corrected chi connectivity index (χ2v) is 30.8. The molecule has 40 heavy (non-hydrogen) atoms. The van der Waals surface area contributed by atoms with Crippen LogP contribution in [0.5, 0.6) is 0 Å². The molecule has 0 fully saturated rings. The van der Waals surface area contributed by atoms with Crippen molar-refractivity contribution in [2.75, 3.05) is 0 Å². The Morgan fingerprint density at radius 3 is 0.750 bits per heavy atom. The monoisotopic (exact) mass is 694 g/mol. The quantitative estimate of drug-likeness (QED) is 0.169. The van der Waals surface area contributed by atoms with Crippen LogP contribution in [-0.2, 0) is 0 Å². The second-order valence-electron chi connectivity index (χ2n) is 12.9. The summed E-state index contributed by atoms with van der Waals surface area (Å²) in [5, 5.41) is 5.10. The van der Waals surface area contributed by atoms with Crippen molar-refractivity contribution in [3.63, 3.8) is 0 Å². The maximum atomic E-state index is 2.57. The van der Waals surface area contributed by atoms with Crippen LogP contribution in [0.4, 0.5) is 0 Å². The van der Waals surface area contributed by atoms with Gasteiger partial charge < -0.3 is 0 Å². The van der Waals surface area contributed by atoms with Crippen LogP contribution >= 0.6 is 23.8 Å². The maximum absolute atomic E-state index is 2.84. The van der Waals surface area contributed by atoms with Gasteiger partial charge in [-0.25, -0.2) is 0 Å². The average molecular weight is 695 g/mol. The fourth-order valence-corrected chi connectivity index (χ4v) is 30.9. The van der Waals surface area contributed by atoms with Gasteiger partial charge in [-0.2, -0.15) is 0 Å². The van der Waals surface area contributed by atoms with Crippen LogP contribution in [0.15, 0.2) is 72.8 Å². The van der Waals surface area contributed by atoms with Crippen molar-refractivity contribution < 1.29 is 0 Å². The van der Waals surface area contributed by atoms with Gasteiger partial charge in [-0.3, -0.25) is 0 Å². The normalized spacial score (nSPS) is 12.5. The molecule has 0 aliphatic carbocycles. The molecule has 0 aliphatic rings. The van der Waals surface area contributed by atoms with Gasteiger partial charge in [0.1, 0.15) is 0 Å². The summed E-state index contributed by atoms with van der Waals surface area (Å²) in [6.07, 6.45) is 0. The molecule has 0 amide bonds. The van der Waals surface area contributed by atoms with Gasteiger partial charge in [-0.15, -0.1) is 0 Å². The molecular formula is C36H54InP3. The molecule has 0 unspecified atom stereocenters. The zero-order valence-electron chi connectivity index (χ0n) is 27.3. The van der Waals surface area contributed by atoms with Crippen LogP contribution in [0.25, 0.3) is 0 Å². The van der Waals surface area contributed by atoms with E-state index in [2.05, 4.69) is 156 Å². The molecule has 0 aromatic heterocycles. The Labute approximate surface area is 259 Å². The van der Waals surface area contributed by atoms with Crippen LogP contribution in [0, 0.1) is 0 Å². The van der Waals surface area contributed by atoms with Gasteiger partial charge in [0.2, 0.25) is 0 Å². The average Bonchev–Trinajstić information content (AvgIpc) is 2.86. The van der Waals surface area contributed by atoms with Crippen LogP contribution in [0.1, 0.15) is 83.1 Å².